The van der Waals surface area contributed by atoms with Gasteiger partial charge in [0.1, 0.15) is 0 Å². The van der Waals surface area contributed by atoms with Crippen molar-refractivity contribution in [2.45, 2.75) is 12.8 Å². The Kier molecular flexibility index (Phi) is 5.03. The number of nitrogens with zero attached hydrogens (tertiary/aromatic N) is 3. The molecule has 118 valence electrons. The van der Waals surface area contributed by atoms with Crippen molar-refractivity contribution in [1.82, 2.24) is 15.0 Å². The van der Waals surface area contributed by atoms with Gasteiger partial charge in [0.05, 0.1) is 0 Å². The molecule has 2 heterocycles. The van der Waals surface area contributed by atoms with E-state index in [4.69, 9.17) is 4.52 Å². The van der Waals surface area contributed by atoms with E-state index in [1.54, 1.807) is 0 Å². The van der Waals surface area contributed by atoms with E-state index in [0.717, 1.165) is 44.6 Å². The van der Waals surface area contributed by atoms with Gasteiger partial charge in [-0.15, -0.1) is 0 Å². The van der Waals surface area contributed by atoms with Gasteiger partial charge in [0.15, 0.2) is 0 Å². The fraction of sp³-hybridized carbons (Fsp3) is 0.500. The van der Waals surface area contributed by atoms with Gasteiger partial charge in [-0.2, -0.15) is 4.98 Å². The maximum Gasteiger partial charge on any atom is 0.321 e. The number of aromatic nitrogens is 2. The maximum atomic E-state index is 9.25. The minimum absolute atomic E-state index is 0.286. The number of hydrogen-bond acceptors (Lipinski definition) is 6. The summed E-state index contributed by atoms with van der Waals surface area (Å²) in [7, 11) is 0. The molecule has 0 unspecified atom stereocenters. The fourth-order valence-corrected chi connectivity index (χ4v) is 2.82. The standard InChI is InChI=1S/C16H22N4O2/c21-12-13-5-4-9-20(11-13)10-8-17-16-18-15(19-22-16)14-6-2-1-3-7-14/h1-3,6-7,13,21H,4-5,8-12H2,(H,17,18,19)/t13-/m1/s1. The predicted octanol–water partition coefficient (Wildman–Crippen LogP) is 1.85. The summed E-state index contributed by atoms with van der Waals surface area (Å²) in [4.78, 5) is 6.71. The quantitative estimate of drug-likeness (QED) is 0.848. The molecule has 0 aliphatic carbocycles. The molecule has 6 heteroatoms. The van der Waals surface area contributed by atoms with Gasteiger partial charge in [0.2, 0.25) is 5.82 Å². The number of hydrogen-bond donors (Lipinski definition) is 2. The average molecular weight is 302 g/mol. The van der Waals surface area contributed by atoms with Crippen LogP contribution in [0, 0.1) is 5.92 Å². The zero-order valence-corrected chi connectivity index (χ0v) is 12.6. The van der Waals surface area contributed by atoms with Crippen LogP contribution in [-0.4, -0.2) is 52.9 Å². The topological polar surface area (TPSA) is 74.4 Å². The smallest absolute Gasteiger partial charge is 0.321 e. The van der Waals surface area contributed by atoms with Crippen LogP contribution in [0.3, 0.4) is 0 Å². The Morgan fingerprint density at radius 1 is 1.32 bits per heavy atom. The lowest BCUT2D eigenvalue weighted by Gasteiger charge is -2.31. The molecular weight excluding hydrogens is 280 g/mol. The molecule has 1 aromatic carbocycles. The van der Waals surface area contributed by atoms with E-state index in [-0.39, 0.29) is 6.61 Å². The Morgan fingerprint density at radius 3 is 3.00 bits per heavy atom. The molecular formula is C16H22N4O2. The van der Waals surface area contributed by atoms with Crippen molar-refractivity contribution < 1.29 is 9.63 Å². The first-order chi connectivity index (χ1) is 10.8. The Balaban J connectivity index is 1.47. The molecule has 1 saturated heterocycles. The number of rotatable bonds is 6. The molecule has 0 saturated carbocycles. The number of aliphatic hydroxyl groups is 1. The minimum atomic E-state index is 0.286. The first-order valence-corrected chi connectivity index (χ1v) is 7.81. The summed E-state index contributed by atoms with van der Waals surface area (Å²) in [5.74, 6) is 1.02. The lowest BCUT2D eigenvalue weighted by molar-refractivity contribution is 0.123. The summed E-state index contributed by atoms with van der Waals surface area (Å²) in [5, 5.41) is 16.4. The number of benzene rings is 1. The van der Waals surface area contributed by atoms with Crippen molar-refractivity contribution in [1.29, 1.82) is 0 Å². The van der Waals surface area contributed by atoms with Gasteiger partial charge in [-0.1, -0.05) is 35.5 Å². The largest absolute Gasteiger partial charge is 0.396 e. The third kappa shape index (κ3) is 3.84. The number of likely N-dealkylation sites (tertiary alicyclic amines) is 1. The van der Waals surface area contributed by atoms with Gasteiger partial charge in [0.25, 0.3) is 0 Å². The average Bonchev–Trinajstić information content (AvgIpc) is 3.05. The van der Waals surface area contributed by atoms with Crippen molar-refractivity contribution in [3.05, 3.63) is 30.3 Å². The highest BCUT2D eigenvalue weighted by molar-refractivity contribution is 5.54. The van der Waals surface area contributed by atoms with E-state index in [1.165, 1.54) is 0 Å². The van der Waals surface area contributed by atoms with Gasteiger partial charge in [-0.05, 0) is 25.3 Å². The van der Waals surface area contributed by atoms with Gasteiger partial charge in [-0.25, -0.2) is 0 Å². The Morgan fingerprint density at radius 2 is 2.18 bits per heavy atom. The molecule has 1 fully saturated rings. The maximum absolute atomic E-state index is 9.25. The molecule has 6 nitrogen and oxygen atoms in total. The minimum Gasteiger partial charge on any atom is -0.396 e. The predicted molar refractivity (Wildman–Crippen MR) is 84.5 cm³/mol. The molecule has 0 bridgehead atoms. The second-order valence-electron chi connectivity index (χ2n) is 5.71. The van der Waals surface area contributed by atoms with Gasteiger partial charge < -0.3 is 19.8 Å². The molecule has 0 amide bonds. The highest BCUT2D eigenvalue weighted by Gasteiger charge is 2.18. The Hall–Kier alpha value is -1.92. The molecule has 0 radical (unpaired) electrons. The second kappa shape index (κ2) is 7.38. The van der Waals surface area contributed by atoms with E-state index < -0.39 is 0 Å². The van der Waals surface area contributed by atoms with Crippen LogP contribution in [-0.2, 0) is 0 Å². The van der Waals surface area contributed by atoms with Crippen LogP contribution in [0.1, 0.15) is 12.8 Å². The monoisotopic (exact) mass is 302 g/mol. The first kappa shape index (κ1) is 15.0. The number of piperidine rings is 1. The van der Waals surface area contributed by atoms with Crippen molar-refractivity contribution in [2.75, 3.05) is 38.1 Å². The SMILES string of the molecule is OC[C@@H]1CCCN(CCNc2nc(-c3ccccc3)no2)C1. The second-order valence-corrected chi connectivity index (χ2v) is 5.71. The molecule has 1 aliphatic heterocycles. The Bertz CT molecular complexity index is 573. The molecule has 1 aliphatic rings. The van der Waals surface area contributed by atoms with Gasteiger partial charge in [0, 0.05) is 31.8 Å². The summed E-state index contributed by atoms with van der Waals surface area (Å²) in [6.07, 6.45) is 2.29. The third-order valence-electron chi connectivity index (χ3n) is 4.02. The van der Waals surface area contributed by atoms with Crippen molar-refractivity contribution in [3.63, 3.8) is 0 Å². The van der Waals surface area contributed by atoms with Crippen LogP contribution in [0.5, 0.6) is 0 Å². The zero-order valence-electron chi connectivity index (χ0n) is 12.6. The molecule has 2 aromatic rings. The van der Waals surface area contributed by atoms with Crippen LogP contribution >= 0.6 is 0 Å². The lowest BCUT2D eigenvalue weighted by atomic mass is 9.99. The van der Waals surface area contributed by atoms with Crippen LogP contribution < -0.4 is 5.32 Å². The van der Waals surface area contributed by atoms with Crippen molar-refractivity contribution in [2.24, 2.45) is 5.92 Å². The first-order valence-electron chi connectivity index (χ1n) is 7.81. The summed E-state index contributed by atoms with van der Waals surface area (Å²) in [6, 6.07) is 10.2. The number of anilines is 1. The number of nitrogens with one attached hydrogen (secondary N) is 1. The third-order valence-corrected chi connectivity index (χ3v) is 4.02. The van der Waals surface area contributed by atoms with E-state index in [0.29, 0.717) is 17.8 Å². The summed E-state index contributed by atoms with van der Waals surface area (Å²) >= 11 is 0. The van der Waals surface area contributed by atoms with Gasteiger partial charge >= 0.3 is 6.01 Å². The van der Waals surface area contributed by atoms with E-state index in [1.807, 2.05) is 30.3 Å². The summed E-state index contributed by atoms with van der Waals surface area (Å²) in [6.45, 7) is 4.02. The van der Waals surface area contributed by atoms with Crippen LogP contribution in [0.25, 0.3) is 11.4 Å². The molecule has 22 heavy (non-hydrogen) atoms. The van der Waals surface area contributed by atoms with Crippen LogP contribution in [0.4, 0.5) is 6.01 Å². The molecule has 2 N–H and O–H groups in total. The molecule has 1 aromatic heterocycles. The van der Waals surface area contributed by atoms with Crippen molar-refractivity contribution in [3.8, 4) is 11.4 Å². The Labute approximate surface area is 130 Å². The normalized spacial score (nSPS) is 19.2. The summed E-state index contributed by atoms with van der Waals surface area (Å²) < 4.78 is 5.22. The van der Waals surface area contributed by atoms with Crippen LogP contribution in [0.15, 0.2) is 34.9 Å². The highest BCUT2D eigenvalue weighted by atomic mass is 16.5. The number of aliphatic hydroxyl groups excluding tert-OH is 1. The van der Waals surface area contributed by atoms with Crippen molar-refractivity contribution >= 4 is 6.01 Å². The highest BCUT2D eigenvalue weighted by Crippen LogP contribution is 2.17. The fourth-order valence-electron chi connectivity index (χ4n) is 2.82. The van der Waals surface area contributed by atoms with Gasteiger partial charge in [-0.3, -0.25) is 0 Å². The van der Waals surface area contributed by atoms with E-state index in [9.17, 15) is 5.11 Å². The lowest BCUT2D eigenvalue weighted by Crippen LogP contribution is -2.39. The molecule has 0 spiro atoms. The summed E-state index contributed by atoms with van der Waals surface area (Å²) in [5.41, 5.74) is 0.945. The van der Waals surface area contributed by atoms with E-state index in [2.05, 4.69) is 20.4 Å². The molecule has 1 atom stereocenters. The molecule has 3 rings (SSSR count). The van der Waals surface area contributed by atoms with Crippen LogP contribution in [0.2, 0.25) is 0 Å². The zero-order chi connectivity index (χ0) is 15.2. The van der Waals surface area contributed by atoms with E-state index >= 15 is 0 Å².